The van der Waals surface area contributed by atoms with Crippen LogP contribution in [-0.2, 0) is 19.5 Å². The van der Waals surface area contributed by atoms with Crippen LogP contribution in [0.5, 0.6) is 0 Å². The molecule has 1 atom stereocenters. The number of halogens is 2. The Balaban J connectivity index is 0.00000242. The molecule has 4 heteroatoms. The maximum Gasteiger partial charge on any atom is 2.00 e. The predicted molar refractivity (Wildman–Crippen MR) is 97.7 cm³/mol. The molecule has 0 bridgehead atoms. The van der Waals surface area contributed by atoms with Crippen LogP contribution >= 0.6 is 31.1 Å². The van der Waals surface area contributed by atoms with E-state index in [0.29, 0.717) is 10.0 Å². The summed E-state index contributed by atoms with van der Waals surface area (Å²) < 4.78 is 0. The van der Waals surface area contributed by atoms with E-state index in [2.05, 4.69) is 62.1 Å². The average molecular weight is 436 g/mol. The zero-order chi connectivity index (χ0) is 15.2. The van der Waals surface area contributed by atoms with Gasteiger partial charge in [-0.05, 0) is 33.1 Å². The van der Waals surface area contributed by atoms with Gasteiger partial charge in [0.15, 0.2) is 0 Å². The van der Waals surface area contributed by atoms with Crippen molar-refractivity contribution in [1.29, 1.82) is 0 Å². The van der Waals surface area contributed by atoms with Gasteiger partial charge in [0.05, 0.1) is 10.0 Å². The van der Waals surface area contributed by atoms with Gasteiger partial charge >= 0.3 is 19.5 Å². The van der Waals surface area contributed by atoms with Crippen molar-refractivity contribution in [3.8, 4) is 0 Å². The maximum absolute atomic E-state index is 6.41. The minimum absolute atomic E-state index is 0. The molecule has 0 N–H and O–H groups in total. The summed E-state index contributed by atoms with van der Waals surface area (Å²) in [6, 6.07) is 16.2. The largest absolute Gasteiger partial charge is 2.00 e. The Morgan fingerprint density at radius 2 is 1.64 bits per heavy atom. The van der Waals surface area contributed by atoms with Gasteiger partial charge in [0.2, 0.25) is 0 Å². The molecule has 2 aromatic rings. The van der Waals surface area contributed by atoms with Gasteiger partial charge in [-0.15, -0.1) is 0 Å². The molecule has 2 aromatic carbocycles. The third-order valence-electron chi connectivity index (χ3n) is 2.89. The molecule has 0 aliphatic rings. The Kier molecular flexibility index (Phi) is 8.59. The topological polar surface area (TPSA) is 0 Å². The van der Waals surface area contributed by atoms with Gasteiger partial charge in [-0.25, -0.2) is 0 Å². The van der Waals surface area contributed by atoms with Crippen LogP contribution < -0.4 is 10.6 Å². The zero-order valence-corrected chi connectivity index (χ0v) is 16.6. The maximum atomic E-state index is 6.41. The van der Waals surface area contributed by atoms with E-state index < -0.39 is 7.92 Å². The number of rotatable bonds is 4. The summed E-state index contributed by atoms with van der Waals surface area (Å²) in [5, 5.41) is 3.60. The number of benzene rings is 2. The molecule has 114 valence electrons. The fourth-order valence-corrected chi connectivity index (χ4v) is 4.47. The molecule has 0 aliphatic carbocycles. The van der Waals surface area contributed by atoms with E-state index in [1.807, 2.05) is 18.2 Å². The third kappa shape index (κ3) is 5.32. The summed E-state index contributed by atoms with van der Waals surface area (Å²) in [5.41, 5.74) is 1.27. The normalized spacial score (nSPS) is 11.8. The fourth-order valence-electron chi connectivity index (χ4n) is 1.89. The first-order chi connectivity index (χ1) is 10.1. The van der Waals surface area contributed by atoms with Gasteiger partial charge < -0.3 is 0 Å². The van der Waals surface area contributed by atoms with E-state index in [0.717, 1.165) is 5.30 Å². The molecule has 0 saturated heterocycles. The summed E-state index contributed by atoms with van der Waals surface area (Å²) in [7, 11) is -0.660. The number of allylic oxidation sites excluding steroid dienone is 3. The quantitative estimate of drug-likeness (QED) is 0.318. The Bertz CT molecular complexity index is 662. The smallest absolute Gasteiger partial charge is 0.0827 e. The Labute approximate surface area is 156 Å². The second-order valence-corrected chi connectivity index (χ2v) is 7.69. The van der Waals surface area contributed by atoms with Gasteiger partial charge in [-0.1, -0.05) is 89.2 Å². The fraction of sp³-hybridized carbons (Fsp3) is 0.111. The molecule has 0 saturated carbocycles. The summed E-state index contributed by atoms with van der Waals surface area (Å²) in [6.07, 6.45) is 4.21. The van der Waals surface area contributed by atoms with Crippen LogP contribution in [-0.4, -0.2) is 0 Å². The SMILES string of the molecule is CC(C)=CC=CP(c1ccccc1)c1cccc(Cl)c1Cl.[Ru+2]. The van der Waals surface area contributed by atoms with Crippen molar-refractivity contribution in [3.05, 3.63) is 82.1 Å². The molecule has 0 amide bonds. The standard InChI is InChI=1S/C18H17Cl2P.Ru/c1-14(2)8-7-13-21(15-9-4-3-5-10-15)17-12-6-11-16(19)18(17)20;/h3-13H,1-2H3;/q;+2. The van der Waals surface area contributed by atoms with E-state index in [-0.39, 0.29) is 19.5 Å². The molecule has 1 unspecified atom stereocenters. The Morgan fingerprint density at radius 1 is 0.955 bits per heavy atom. The van der Waals surface area contributed by atoms with Crippen molar-refractivity contribution in [2.45, 2.75) is 13.8 Å². The van der Waals surface area contributed by atoms with Gasteiger partial charge in [0, 0.05) is 5.30 Å². The predicted octanol–water partition coefficient (Wildman–Crippen LogP) is 5.90. The summed E-state index contributed by atoms with van der Waals surface area (Å²) in [6.45, 7) is 4.17. The van der Waals surface area contributed by atoms with E-state index >= 15 is 0 Å². The summed E-state index contributed by atoms with van der Waals surface area (Å²) in [4.78, 5) is 0. The molecular weight excluding hydrogens is 419 g/mol. The van der Waals surface area contributed by atoms with Gasteiger partial charge in [0.25, 0.3) is 0 Å². The van der Waals surface area contributed by atoms with Gasteiger partial charge in [-0.3, -0.25) is 0 Å². The molecule has 22 heavy (non-hydrogen) atoms. The van der Waals surface area contributed by atoms with Crippen LogP contribution in [0.25, 0.3) is 0 Å². The number of hydrogen-bond donors (Lipinski definition) is 0. The van der Waals surface area contributed by atoms with Gasteiger partial charge in [-0.2, -0.15) is 0 Å². The van der Waals surface area contributed by atoms with Crippen LogP contribution in [0.1, 0.15) is 13.8 Å². The first-order valence-corrected chi connectivity index (χ1v) is 8.86. The van der Waals surface area contributed by atoms with Crippen LogP contribution in [0, 0.1) is 0 Å². The minimum atomic E-state index is -0.660. The monoisotopic (exact) mass is 436 g/mol. The Hall–Kier alpha value is -0.447. The van der Waals surface area contributed by atoms with Crippen molar-refractivity contribution in [2.24, 2.45) is 0 Å². The molecule has 0 nitrogen and oxygen atoms in total. The second kappa shape index (κ2) is 9.64. The van der Waals surface area contributed by atoms with Crippen LogP contribution in [0.2, 0.25) is 10.0 Å². The minimum Gasteiger partial charge on any atom is -0.0827 e. The van der Waals surface area contributed by atoms with E-state index in [1.54, 1.807) is 0 Å². The second-order valence-electron chi connectivity index (χ2n) is 4.86. The van der Waals surface area contributed by atoms with Gasteiger partial charge in [0.1, 0.15) is 0 Å². The van der Waals surface area contributed by atoms with E-state index in [4.69, 9.17) is 23.2 Å². The van der Waals surface area contributed by atoms with E-state index in [9.17, 15) is 0 Å². The number of hydrogen-bond acceptors (Lipinski definition) is 0. The van der Waals surface area contributed by atoms with Crippen LogP contribution in [0.15, 0.2) is 72.1 Å². The first kappa shape index (κ1) is 19.6. The van der Waals surface area contributed by atoms with Crippen molar-refractivity contribution < 1.29 is 19.5 Å². The first-order valence-electron chi connectivity index (χ1n) is 6.69. The molecule has 0 radical (unpaired) electrons. The third-order valence-corrected chi connectivity index (χ3v) is 6.06. The van der Waals surface area contributed by atoms with Crippen molar-refractivity contribution >= 4 is 41.7 Å². The van der Waals surface area contributed by atoms with Crippen molar-refractivity contribution in [2.75, 3.05) is 0 Å². The molecule has 2 rings (SSSR count). The average Bonchev–Trinajstić information content (AvgIpc) is 2.48. The Morgan fingerprint density at radius 3 is 2.27 bits per heavy atom. The van der Waals surface area contributed by atoms with Crippen molar-refractivity contribution in [1.82, 2.24) is 0 Å². The molecule has 0 spiro atoms. The molecule has 0 heterocycles. The summed E-state index contributed by atoms with van der Waals surface area (Å²) >= 11 is 12.6. The molecule has 0 aliphatic heterocycles. The van der Waals surface area contributed by atoms with Crippen LogP contribution in [0.4, 0.5) is 0 Å². The van der Waals surface area contributed by atoms with E-state index in [1.165, 1.54) is 10.9 Å². The molecular formula is C18H17Cl2PRu+2. The molecule has 0 fully saturated rings. The summed E-state index contributed by atoms with van der Waals surface area (Å²) in [5.74, 6) is 2.22. The van der Waals surface area contributed by atoms with Crippen molar-refractivity contribution in [3.63, 3.8) is 0 Å². The zero-order valence-electron chi connectivity index (χ0n) is 12.4. The molecule has 0 aromatic heterocycles. The van der Waals surface area contributed by atoms with Crippen LogP contribution in [0.3, 0.4) is 0 Å².